The number of carbonyl (C=O) groups is 4. The second-order valence-corrected chi connectivity index (χ2v) is 44.5. The van der Waals surface area contributed by atoms with Gasteiger partial charge in [-0.2, -0.15) is 0 Å². The van der Waals surface area contributed by atoms with Gasteiger partial charge in [0.05, 0.1) is 33.6 Å². The highest BCUT2D eigenvalue weighted by Crippen LogP contribution is 2.62. The van der Waals surface area contributed by atoms with Gasteiger partial charge in [0.1, 0.15) is 46.0 Å². The lowest BCUT2D eigenvalue weighted by atomic mass is 9.82. The standard InChI is InChI=1S/C127H116N2O8/c1-25-71-56-92(66(6)7)119(93(57-71)67(8)9)129-122(132)100-62-104(136-80-40-32-76(33-41-80)126(19,20)21)113-87-49-45-83-95-55-70(12)73(59-97(95)85-47-51-89(109(87)107(83)85)115-105(63-101(123(129)133)111(100)117(113)115)137-81-42-34-77(35-43-81)127(22,23)24)27-26-72-58-96-84-46-50-88-108-86(48-44-82(106(84)108)94(96)54-69(72)11)112-102(134-78-36-28-74(29-37-78)124(13,14)15)60-98-110-99(61-103(114(88)116(110)112)135-79-38-30-75(31-39-79)125(16,17)18)121(131)128(120(98)130)118-90(64(2)3)52-68(10)53-91(118)65(4)5/h25,28-67H,1,26-27H2,2-24H3. The first-order valence-electron chi connectivity index (χ1n) is 48.8. The number of benzene rings is 18. The summed E-state index contributed by atoms with van der Waals surface area (Å²) in [5.41, 5.74) is 26.6. The molecule has 682 valence electrons. The first-order valence-corrected chi connectivity index (χ1v) is 48.8. The van der Waals surface area contributed by atoms with Crippen molar-refractivity contribution in [3.05, 3.63) is 325 Å². The van der Waals surface area contributed by atoms with E-state index in [9.17, 15) is 0 Å². The van der Waals surface area contributed by atoms with Gasteiger partial charge in [0.2, 0.25) is 0 Å². The fourth-order valence-corrected chi connectivity index (χ4v) is 22.8. The highest BCUT2D eigenvalue weighted by molar-refractivity contribution is 6.48. The summed E-state index contributed by atoms with van der Waals surface area (Å²) in [6.45, 7) is 54.2. The smallest absolute Gasteiger partial charge is 0.266 e. The molecular weight excluding hydrogens is 1680 g/mol. The van der Waals surface area contributed by atoms with E-state index in [1.165, 1.54) is 32.1 Å². The molecule has 0 saturated carbocycles. The zero-order chi connectivity index (χ0) is 96.2. The number of ether oxygens (including phenoxy) is 4. The van der Waals surface area contributed by atoms with E-state index < -0.39 is 23.6 Å². The summed E-state index contributed by atoms with van der Waals surface area (Å²) in [5, 5.41) is 13.8. The summed E-state index contributed by atoms with van der Waals surface area (Å²) < 4.78 is 29.6. The Kier molecular flexibility index (Phi) is 20.0. The van der Waals surface area contributed by atoms with Crippen LogP contribution in [0.4, 0.5) is 11.4 Å². The Labute approximate surface area is 802 Å². The molecule has 10 heteroatoms. The van der Waals surface area contributed by atoms with E-state index in [1.807, 2.05) is 78.9 Å². The van der Waals surface area contributed by atoms with Crippen LogP contribution in [0.1, 0.15) is 281 Å². The molecule has 0 spiro atoms. The van der Waals surface area contributed by atoms with Gasteiger partial charge in [0.25, 0.3) is 23.6 Å². The molecule has 18 aromatic carbocycles. The third-order valence-electron chi connectivity index (χ3n) is 30.0. The first-order chi connectivity index (χ1) is 65.1. The largest absolute Gasteiger partial charge is 0.457 e. The fourth-order valence-electron chi connectivity index (χ4n) is 22.8. The summed E-state index contributed by atoms with van der Waals surface area (Å²) in [4.78, 5) is 68.4. The number of fused-ring (bicyclic) bond motifs is 10. The van der Waals surface area contributed by atoms with Gasteiger partial charge in [-0.25, -0.2) is 9.80 Å². The molecule has 137 heavy (non-hydrogen) atoms. The summed E-state index contributed by atoms with van der Waals surface area (Å²) in [7, 11) is 0. The SMILES string of the molecule is C=Cc1cc(C(C)C)c(N2C(=O)c3cc(Oc4ccc(C(C)(C)C)cc4)c4c5ccc6c7c(ccc(c8c(Oc9ccc(C(C)(C)C)cc9)cc(c3c48)C2=O)c75)-c2cc(CCc3cc4c(cc3C)-c3ccc5c7c(Oc8ccc(C(C)(C)C)cc8)cc8c9c(cc(Oc%10ccc(C(C)(C)C)cc%10)c(c%10ccc-4c3c5%10)c97)C(=O)N(c3c(C(C)C)cc(C)cc3C(C)C)C8=O)c(C)cc2-6)c(C(C)C)c1. The molecule has 18 aromatic rings. The normalized spacial score (nSPS) is 13.7. The van der Waals surface area contributed by atoms with Crippen molar-refractivity contribution in [3.8, 4) is 90.5 Å². The van der Waals surface area contributed by atoms with Crippen molar-refractivity contribution >= 4 is 127 Å². The Morgan fingerprint density at radius 2 is 0.511 bits per heavy atom. The third-order valence-corrected chi connectivity index (χ3v) is 30.0. The van der Waals surface area contributed by atoms with Crippen LogP contribution in [0.2, 0.25) is 0 Å². The summed E-state index contributed by atoms with van der Waals surface area (Å²) in [6, 6.07) is 77.1. The molecule has 4 aliphatic rings. The van der Waals surface area contributed by atoms with Gasteiger partial charge >= 0.3 is 0 Å². The monoisotopic (exact) mass is 1800 g/mol. The quantitative estimate of drug-likeness (QED) is 0.0474. The summed E-state index contributed by atoms with van der Waals surface area (Å²) in [5.74, 6) is 2.65. The van der Waals surface area contributed by atoms with Gasteiger partial charge in [-0.05, 0) is 324 Å². The van der Waals surface area contributed by atoms with E-state index in [0.29, 0.717) is 90.4 Å². The Morgan fingerprint density at radius 1 is 0.270 bits per heavy atom. The van der Waals surface area contributed by atoms with Crippen molar-refractivity contribution < 1.29 is 38.1 Å². The zero-order valence-electron chi connectivity index (χ0n) is 83.0. The number of anilines is 2. The van der Waals surface area contributed by atoms with Crippen molar-refractivity contribution in [3.63, 3.8) is 0 Å². The maximum Gasteiger partial charge on any atom is 0.266 e. The fraction of sp³-hybridized carbons (Fsp3) is 0.260. The number of nitrogens with zero attached hydrogens (tertiary/aromatic N) is 2. The van der Waals surface area contributed by atoms with Gasteiger partial charge in [-0.1, -0.05) is 290 Å². The number of hydrogen-bond acceptors (Lipinski definition) is 8. The zero-order valence-corrected chi connectivity index (χ0v) is 83.0. The minimum Gasteiger partial charge on any atom is -0.457 e. The van der Waals surface area contributed by atoms with Crippen LogP contribution in [0.15, 0.2) is 225 Å². The predicted molar refractivity (Wildman–Crippen MR) is 568 cm³/mol. The van der Waals surface area contributed by atoms with E-state index in [4.69, 9.17) is 18.9 Å². The van der Waals surface area contributed by atoms with Crippen molar-refractivity contribution in [2.45, 2.75) is 217 Å². The van der Waals surface area contributed by atoms with Crippen LogP contribution in [0.3, 0.4) is 0 Å². The molecule has 0 fully saturated rings. The molecule has 0 saturated heterocycles. The number of amides is 4. The van der Waals surface area contributed by atoms with Crippen LogP contribution in [0.25, 0.3) is 137 Å². The van der Waals surface area contributed by atoms with Crippen molar-refractivity contribution in [2.24, 2.45) is 0 Å². The maximum absolute atomic E-state index is 16.4. The Bertz CT molecular complexity index is 7980. The topological polar surface area (TPSA) is 112 Å². The van der Waals surface area contributed by atoms with Crippen molar-refractivity contribution in [1.82, 2.24) is 0 Å². The molecule has 4 amide bonds. The number of hydrogen-bond donors (Lipinski definition) is 0. The number of rotatable bonds is 18. The summed E-state index contributed by atoms with van der Waals surface area (Å²) in [6.07, 6.45) is 3.38. The highest BCUT2D eigenvalue weighted by Gasteiger charge is 2.45. The molecule has 2 heterocycles. The maximum atomic E-state index is 16.4. The van der Waals surface area contributed by atoms with E-state index >= 15 is 19.2 Å². The second-order valence-electron chi connectivity index (χ2n) is 44.5. The third kappa shape index (κ3) is 13.7. The van der Waals surface area contributed by atoms with Crippen LogP contribution in [0, 0.1) is 20.8 Å². The van der Waals surface area contributed by atoms with Crippen LogP contribution >= 0.6 is 0 Å². The van der Waals surface area contributed by atoms with Gasteiger partial charge in [0, 0.05) is 43.1 Å². The second kappa shape index (κ2) is 31.2. The molecule has 2 aliphatic heterocycles. The Hall–Kier alpha value is -14.2. The van der Waals surface area contributed by atoms with Crippen LogP contribution in [-0.4, -0.2) is 23.6 Å². The van der Waals surface area contributed by atoms with E-state index in [0.717, 1.165) is 188 Å². The molecule has 2 aliphatic carbocycles. The average Bonchev–Trinajstić information content (AvgIpc) is 1.67. The highest BCUT2D eigenvalue weighted by atomic mass is 16.5. The number of aryl methyl sites for hydroxylation is 5. The lowest BCUT2D eigenvalue weighted by molar-refractivity contribution is 0.0877. The van der Waals surface area contributed by atoms with Crippen molar-refractivity contribution in [2.75, 3.05) is 9.80 Å². The minimum absolute atomic E-state index is 0.0158. The summed E-state index contributed by atoms with van der Waals surface area (Å²) >= 11 is 0. The lowest BCUT2D eigenvalue weighted by Gasteiger charge is -2.34. The molecule has 0 bridgehead atoms. The van der Waals surface area contributed by atoms with Crippen LogP contribution in [-0.2, 0) is 34.5 Å². The number of imide groups is 2. The van der Waals surface area contributed by atoms with E-state index in [1.54, 1.807) is 0 Å². The predicted octanol–water partition coefficient (Wildman–Crippen LogP) is 34.9. The molecule has 22 rings (SSSR count). The van der Waals surface area contributed by atoms with Crippen LogP contribution < -0.4 is 28.7 Å². The molecule has 0 atom stereocenters. The molecule has 0 N–H and O–H groups in total. The minimum atomic E-state index is -0.421. The average molecular weight is 1800 g/mol. The number of carbonyl (C=O) groups excluding carboxylic acids is 4. The Balaban J connectivity index is 0.691. The molecule has 0 aromatic heterocycles. The van der Waals surface area contributed by atoms with Gasteiger partial charge < -0.3 is 18.9 Å². The van der Waals surface area contributed by atoms with Crippen LogP contribution in [0.5, 0.6) is 46.0 Å². The van der Waals surface area contributed by atoms with E-state index in [-0.39, 0.29) is 45.3 Å². The Morgan fingerprint density at radius 3 is 0.752 bits per heavy atom. The van der Waals surface area contributed by atoms with Gasteiger partial charge in [-0.3, -0.25) is 19.2 Å². The van der Waals surface area contributed by atoms with E-state index in [2.05, 4.69) is 311 Å². The van der Waals surface area contributed by atoms with Gasteiger partial charge in [-0.15, -0.1) is 0 Å². The molecule has 10 nitrogen and oxygen atoms in total. The van der Waals surface area contributed by atoms with Gasteiger partial charge in [0.15, 0.2) is 0 Å². The van der Waals surface area contributed by atoms with Crippen molar-refractivity contribution in [1.29, 1.82) is 0 Å². The first kappa shape index (κ1) is 88.1. The lowest BCUT2D eigenvalue weighted by Crippen LogP contribution is -2.42. The molecular formula is C127H116N2O8. The molecule has 0 radical (unpaired) electrons. The molecule has 0 unspecified atom stereocenters.